The first-order valence-electron chi connectivity index (χ1n) is 20.3. The first-order valence-corrected chi connectivity index (χ1v) is 21.8. The van der Waals surface area contributed by atoms with Gasteiger partial charge in [-0.2, -0.15) is 0 Å². The van der Waals surface area contributed by atoms with Crippen LogP contribution in [-0.2, 0) is 60.9 Å². The molecule has 6 unspecified atom stereocenters. The van der Waals surface area contributed by atoms with Crippen LogP contribution in [0.2, 0.25) is 0 Å². The number of methoxy groups -OCH3 is 3. The van der Waals surface area contributed by atoms with Crippen molar-refractivity contribution in [1.82, 2.24) is 0 Å². The van der Waals surface area contributed by atoms with Gasteiger partial charge in [-0.05, 0) is 41.5 Å². The van der Waals surface area contributed by atoms with Crippen LogP contribution in [0.25, 0.3) is 0 Å². The number of esters is 3. The first kappa shape index (κ1) is 56.5. The summed E-state index contributed by atoms with van der Waals surface area (Å²) in [5.74, 6) is -1.28. The highest BCUT2D eigenvalue weighted by atomic mass is 31.2. The highest BCUT2D eigenvalue weighted by Gasteiger charge is 2.40. The predicted molar refractivity (Wildman–Crippen MR) is 228 cm³/mol. The lowest BCUT2D eigenvalue weighted by Crippen LogP contribution is -2.55. The van der Waals surface area contributed by atoms with Crippen molar-refractivity contribution in [2.45, 2.75) is 97.2 Å². The van der Waals surface area contributed by atoms with Crippen LogP contribution in [0.15, 0.2) is 36.5 Å². The van der Waals surface area contributed by atoms with E-state index < -0.39 is 44.0 Å². The summed E-state index contributed by atoms with van der Waals surface area (Å²) in [5, 5.41) is 0. The van der Waals surface area contributed by atoms with Crippen molar-refractivity contribution in [3.63, 3.8) is 0 Å². The third kappa shape index (κ3) is 20.7. The van der Waals surface area contributed by atoms with Crippen LogP contribution < -0.4 is 0 Å². The molecule has 0 aromatic heterocycles. The summed E-state index contributed by atoms with van der Waals surface area (Å²) in [6, 6.07) is -0.446. The highest BCUT2D eigenvalue weighted by molar-refractivity contribution is 7.48. The summed E-state index contributed by atoms with van der Waals surface area (Å²) in [6.45, 7) is 24.1. The van der Waals surface area contributed by atoms with E-state index in [1.165, 1.54) is 0 Å². The fourth-order valence-electron chi connectivity index (χ4n) is 6.06. The summed E-state index contributed by atoms with van der Waals surface area (Å²) in [7, 11) is 12.6. The Hall–Kier alpha value is -2.50. The average Bonchev–Trinajstić information content (AvgIpc) is 3.16. The number of hydrogen-bond donors (Lipinski definition) is 0. The van der Waals surface area contributed by atoms with Crippen LogP contribution >= 0.6 is 7.82 Å². The van der Waals surface area contributed by atoms with Gasteiger partial charge in [-0.1, -0.05) is 19.7 Å². The van der Waals surface area contributed by atoms with E-state index >= 15 is 0 Å². The zero-order valence-corrected chi connectivity index (χ0v) is 40.1. The molecule has 344 valence electrons. The Morgan fingerprint density at radius 1 is 0.492 bits per heavy atom. The minimum absolute atomic E-state index is 0.114. The number of quaternary nitrogens is 3. The Labute approximate surface area is 356 Å². The molecular weight excluding hydrogens is 785 g/mol. The molecule has 17 heteroatoms. The topological polar surface area (TPSA) is 151 Å². The third-order valence-electron chi connectivity index (χ3n) is 11.4. The number of phosphoric ester groups is 1. The third-order valence-corrected chi connectivity index (χ3v) is 12.8. The van der Waals surface area contributed by atoms with E-state index in [0.29, 0.717) is 69.1 Å². The van der Waals surface area contributed by atoms with Crippen LogP contribution in [0.5, 0.6) is 0 Å². The quantitative estimate of drug-likeness (QED) is 0.0215. The molecule has 0 bridgehead atoms. The number of ether oxygens (including phenoxy) is 6. The molecule has 59 heavy (non-hydrogen) atoms. The largest absolute Gasteiger partial charge is 0.475 e. The fraction of sp³-hybridized carbons (Fsp3) is 0.786. The van der Waals surface area contributed by atoms with Crippen LogP contribution in [-0.4, -0.2) is 191 Å². The van der Waals surface area contributed by atoms with Gasteiger partial charge in [-0.25, -0.2) is 18.9 Å². The second-order valence-corrected chi connectivity index (χ2v) is 18.9. The van der Waals surface area contributed by atoms with Crippen LogP contribution in [0.1, 0.15) is 60.8 Å². The molecule has 0 N–H and O–H groups in total. The lowest BCUT2D eigenvalue weighted by Gasteiger charge is -2.41. The van der Waals surface area contributed by atoms with Crippen molar-refractivity contribution in [3.05, 3.63) is 36.5 Å². The van der Waals surface area contributed by atoms with Gasteiger partial charge in [0.15, 0.2) is 0 Å². The first-order chi connectivity index (χ1) is 27.2. The molecule has 0 aromatic rings. The van der Waals surface area contributed by atoms with Crippen LogP contribution in [0.4, 0.5) is 0 Å². The van der Waals surface area contributed by atoms with E-state index in [0.717, 1.165) is 0 Å². The molecule has 0 amide bonds. The van der Waals surface area contributed by atoms with Crippen molar-refractivity contribution in [3.8, 4) is 0 Å². The molecule has 0 radical (unpaired) electrons. The molecule has 0 fully saturated rings. The summed E-state index contributed by atoms with van der Waals surface area (Å²) < 4.78 is 68.0. The number of carbonyl (C=O) groups excluding carboxylic acids is 3. The maximum absolute atomic E-state index is 14.7. The van der Waals surface area contributed by atoms with Gasteiger partial charge in [0.1, 0.15) is 36.4 Å². The number of nitrogens with zero attached hydrogens (tertiary/aromatic N) is 3. The molecule has 16 nitrogen and oxygen atoms in total. The fourth-order valence-corrected chi connectivity index (χ4v) is 7.27. The van der Waals surface area contributed by atoms with E-state index in [9.17, 15) is 18.9 Å². The number of likely N-dealkylation sites (N-methyl/N-ethyl adjacent to an activating group) is 3. The molecule has 0 aliphatic heterocycles. The average molecular weight is 867 g/mol. The molecule has 0 saturated carbocycles. The Morgan fingerprint density at radius 3 is 0.898 bits per heavy atom. The number of rotatable bonds is 33. The maximum atomic E-state index is 14.7. The monoisotopic (exact) mass is 867 g/mol. The van der Waals surface area contributed by atoms with Crippen molar-refractivity contribution in [2.75, 3.05) is 123 Å². The normalized spacial score (nSPS) is 16.5. The molecule has 0 aliphatic rings. The second-order valence-electron chi connectivity index (χ2n) is 17.2. The SMILES string of the molecule is C=C(C)C(=O)OCCC[N+](C)(C)C(C)C(COP(=O)(OCC(OC)C(C)[N+](C)(C)CCCOC(=O)C(=C)C)OCC(OC)C(C)[N+](C)(C)CCCOC(=O)C(=C)C)OC. The maximum Gasteiger partial charge on any atom is 0.475 e. The smallest absolute Gasteiger partial charge is 0.462 e. The molecule has 0 spiro atoms. The summed E-state index contributed by atoms with van der Waals surface area (Å²) >= 11 is 0. The summed E-state index contributed by atoms with van der Waals surface area (Å²) in [6.07, 6.45) is 0.239. The predicted octanol–water partition coefficient (Wildman–Crippen LogP) is 5.11. The molecule has 0 saturated heterocycles. The van der Waals surface area contributed by atoms with Crippen molar-refractivity contribution in [1.29, 1.82) is 0 Å². The summed E-state index contributed by atoms with van der Waals surface area (Å²) in [5.41, 5.74) is 1.04. The molecule has 0 rings (SSSR count). The van der Waals surface area contributed by atoms with Gasteiger partial charge in [-0.15, -0.1) is 0 Å². The van der Waals surface area contributed by atoms with E-state index in [4.69, 9.17) is 42.0 Å². The molecule has 0 aliphatic carbocycles. The second kappa shape index (κ2) is 26.8. The molecule has 6 atom stereocenters. The number of phosphoric acid groups is 1. The Balaban J connectivity index is 6.13. The van der Waals surface area contributed by atoms with Gasteiger partial charge in [-0.3, -0.25) is 13.6 Å². The van der Waals surface area contributed by atoms with Crippen molar-refractivity contribution >= 4 is 25.7 Å². The Bertz CT molecular complexity index is 1240. The van der Waals surface area contributed by atoms with E-state index in [1.807, 2.05) is 63.1 Å². The van der Waals surface area contributed by atoms with Crippen LogP contribution in [0.3, 0.4) is 0 Å². The molecule has 0 aromatic carbocycles. The minimum atomic E-state index is -4.29. The van der Waals surface area contributed by atoms with Gasteiger partial charge < -0.3 is 41.9 Å². The van der Waals surface area contributed by atoms with Gasteiger partial charge in [0.05, 0.1) is 102 Å². The summed E-state index contributed by atoms with van der Waals surface area (Å²) in [4.78, 5) is 35.6. The standard InChI is InChI=1S/C42H81N3O13P/c1-31(2)40(46)53-25-19-22-43(10,11)34(7)37(50-16)28-56-59(49,57-29-38(51-17)35(8)44(12,13)23-20-26-54-41(47)32(3)4)58-30-39(52-18)36(9)45(14,15)24-21-27-55-42(48)33(5)6/h34-39H,1,3,5,19-30H2,2,4,6-18H3/q+3. The zero-order chi connectivity index (χ0) is 45.8. The van der Waals surface area contributed by atoms with E-state index in [1.54, 1.807) is 42.1 Å². The zero-order valence-electron chi connectivity index (χ0n) is 39.2. The van der Waals surface area contributed by atoms with E-state index in [2.05, 4.69) is 19.7 Å². The molecular formula is C42H81N3O13P+3. The van der Waals surface area contributed by atoms with Gasteiger partial charge in [0.25, 0.3) is 0 Å². The number of carbonyl (C=O) groups is 3. The van der Waals surface area contributed by atoms with E-state index in [-0.39, 0.29) is 57.8 Å². The highest BCUT2D eigenvalue weighted by Crippen LogP contribution is 2.50. The minimum Gasteiger partial charge on any atom is -0.462 e. The van der Waals surface area contributed by atoms with Crippen molar-refractivity contribution in [2.24, 2.45) is 0 Å². The van der Waals surface area contributed by atoms with Gasteiger partial charge >= 0.3 is 25.7 Å². The lowest BCUT2D eigenvalue weighted by molar-refractivity contribution is -0.917. The van der Waals surface area contributed by atoms with Crippen LogP contribution in [0, 0.1) is 0 Å². The molecule has 0 heterocycles. The van der Waals surface area contributed by atoms with Gasteiger partial charge in [0.2, 0.25) is 0 Å². The Kier molecular flexibility index (Phi) is 25.6. The van der Waals surface area contributed by atoms with Gasteiger partial charge in [0, 0.05) is 57.3 Å². The van der Waals surface area contributed by atoms with Crippen molar-refractivity contribution < 1.29 is 74.4 Å². The number of hydrogen-bond acceptors (Lipinski definition) is 13. The lowest BCUT2D eigenvalue weighted by atomic mass is 10.1. The Morgan fingerprint density at radius 2 is 0.712 bits per heavy atom.